The van der Waals surface area contributed by atoms with E-state index in [1.807, 2.05) is 83.1 Å². The first-order valence-electron chi connectivity index (χ1n) is 16.9. The number of nitrogens with one attached hydrogen (secondary N) is 1. The number of hydrogen-bond donors (Lipinski definition) is 2. The van der Waals surface area contributed by atoms with Gasteiger partial charge in [-0.2, -0.15) is 11.8 Å². The van der Waals surface area contributed by atoms with Gasteiger partial charge in [0.1, 0.15) is 6.10 Å². The molecule has 0 aromatic carbocycles. The van der Waals surface area contributed by atoms with Gasteiger partial charge >= 0.3 is 0 Å². The molecule has 0 heterocycles. The van der Waals surface area contributed by atoms with Crippen LogP contribution in [0.5, 0.6) is 0 Å². The molecule has 0 radical (unpaired) electrons. The first-order chi connectivity index (χ1) is 19.4. The van der Waals surface area contributed by atoms with Gasteiger partial charge in [0, 0.05) is 18.6 Å². The highest BCUT2D eigenvalue weighted by Crippen LogP contribution is 2.24. The first kappa shape index (κ1) is 48.1. The molecule has 0 saturated heterocycles. The van der Waals surface area contributed by atoms with Gasteiger partial charge in [-0.05, 0) is 117 Å². The van der Waals surface area contributed by atoms with Crippen molar-refractivity contribution in [2.45, 2.75) is 180 Å². The molecule has 6 nitrogen and oxygen atoms in total. The number of amides is 1. The Morgan fingerprint density at radius 2 is 0.977 bits per heavy atom. The second-order valence-corrected chi connectivity index (χ2v) is 19.5. The van der Waals surface area contributed by atoms with Crippen LogP contribution >= 0.6 is 11.8 Å². The van der Waals surface area contributed by atoms with Crippen LogP contribution in [0.25, 0.3) is 0 Å². The van der Waals surface area contributed by atoms with Crippen LogP contribution in [0.15, 0.2) is 0 Å². The van der Waals surface area contributed by atoms with Crippen LogP contribution in [-0.2, 0) is 19.0 Å². The molecule has 0 aromatic rings. The Bertz CT molecular complexity index is 662. The maximum atomic E-state index is 11.5. The van der Waals surface area contributed by atoms with Crippen molar-refractivity contribution in [3.63, 3.8) is 0 Å². The summed E-state index contributed by atoms with van der Waals surface area (Å²) in [6.07, 6.45) is 5.79. The highest BCUT2D eigenvalue weighted by atomic mass is 32.2. The fraction of sp³-hybridized carbons (Fsp3) is 0.973. The van der Waals surface area contributed by atoms with Crippen LogP contribution < -0.4 is 5.32 Å². The Balaban J connectivity index is -0.000000574. The maximum Gasteiger partial charge on any atom is 0.225 e. The van der Waals surface area contributed by atoms with Gasteiger partial charge in [-0.1, -0.05) is 62.3 Å². The van der Waals surface area contributed by atoms with Gasteiger partial charge in [-0.25, -0.2) is 0 Å². The van der Waals surface area contributed by atoms with Crippen molar-refractivity contribution < 1.29 is 24.1 Å². The van der Waals surface area contributed by atoms with Crippen molar-refractivity contribution in [1.29, 1.82) is 0 Å². The fourth-order valence-corrected chi connectivity index (χ4v) is 4.07. The predicted molar refractivity (Wildman–Crippen MR) is 195 cm³/mol. The van der Waals surface area contributed by atoms with E-state index in [0.29, 0.717) is 37.2 Å². The van der Waals surface area contributed by atoms with Crippen molar-refractivity contribution in [1.82, 2.24) is 5.32 Å². The van der Waals surface area contributed by atoms with Crippen molar-refractivity contribution in [3.8, 4) is 0 Å². The minimum absolute atomic E-state index is 0.0892. The molecule has 0 spiro atoms. The van der Waals surface area contributed by atoms with E-state index >= 15 is 0 Å². The van der Waals surface area contributed by atoms with E-state index < -0.39 is 6.10 Å². The van der Waals surface area contributed by atoms with Crippen LogP contribution in [0.2, 0.25) is 0 Å². The number of hydrogen-bond acceptors (Lipinski definition) is 6. The first-order valence-corrected chi connectivity index (χ1v) is 18.0. The summed E-state index contributed by atoms with van der Waals surface area (Å²) in [5.74, 6) is 2.79. The van der Waals surface area contributed by atoms with Crippen LogP contribution in [0.4, 0.5) is 0 Å². The van der Waals surface area contributed by atoms with E-state index in [1.165, 1.54) is 37.2 Å². The number of carbonyl (C=O) groups is 1. The van der Waals surface area contributed by atoms with E-state index in [9.17, 15) is 9.90 Å². The lowest BCUT2D eigenvalue weighted by Gasteiger charge is -2.25. The van der Waals surface area contributed by atoms with Gasteiger partial charge < -0.3 is 24.6 Å². The third-order valence-electron chi connectivity index (χ3n) is 5.67. The van der Waals surface area contributed by atoms with E-state index in [2.05, 4.69) is 58.6 Å². The number of aliphatic hydroxyl groups excluding tert-OH is 1. The largest absolute Gasteiger partial charge is 0.388 e. The van der Waals surface area contributed by atoms with E-state index in [-0.39, 0.29) is 28.1 Å². The highest BCUT2D eigenvalue weighted by Gasteiger charge is 2.20. The number of aliphatic hydroxyl groups is 1. The molecule has 0 fully saturated rings. The van der Waals surface area contributed by atoms with Crippen molar-refractivity contribution in [2.75, 3.05) is 37.9 Å². The van der Waals surface area contributed by atoms with Crippen LogP contribution in [0.3, 0.4) is 0 Å². The summed E-state index contributed by atoms with van der Waals surface area (Å²) in [4.78, 5) is 11.5. The Hall–Kier alpha value is -0.340. The van der Waals surface area contributed by atoms with Crippen LogP contribution in [-0.4, -0.2) is 71.8 Å². The number of carbonyl (C=O) groups excluding carboxylic acids is 1. The second kappa shape index (κ2) is 22.3. The summed E-state index contributed by atoms with van der Waals surface area (Å²) in [6.45, 7) is 39.6. The zero-order valence-electron chi connectivity index (χ0n) is 32.8. The molecular formula is C37H79NO5S. The Labute approximate surface area is 280 Å². The van der Waals surface area contributed by atoms with Gasteiger partial charge in [0.25, 0.3) is 0 Å². The third-order valence-corrected chi connectivity index (χ3v) is 6.83. The number of thioether (sulfide) groups is 1. The molecule has 0 bridgehead atoms. The van der Waals surface area contributed by atoms with Crippen LogP contribution in [0, 0.1) is 16.2 Å². The molecule has 0 saturated carbocycles. The summed E-state index contributed by atoms with van der Waals surface area (Å²) < 4.78 is 16.4. The lowest BCUT2D eigenvalue weighted by atomic mass is 9.91. The summed E-state index contributed by atoms with van der Waals surface area (Å²) in [5, 5.41) is 12.4. The zero-order chi connectivity index (χ0) is 35.5. The van der Waals surface area contributed by atoms with E-state index in [4.69, 9.17) is 14.2 Å². The molecule has 268 valence electrons. The minimum atomic E-state index is -0.548. The van der Waals surface area contributed by atoms with Crippen molar-refractivity contribution in [2.24, 2.45) is 16.2 Å². The maximum absolute atomic E-state index is 11.5. The number of rotatable bonds is 14. The molecular weight excluding hydrogens is 570 g/mol. The average Bonchev–Trinajstić information content (AvgIpc) is 2.77. The quantitative estimate of drug-likeness (QED) is 0.183. The lowest BCUT2D eigenvalue weighted by Crippen LogP contribution is -2.35. The Morgan fingerprint density at radius 3 is 1.27 bits per heavy atom. The van der Waals surface area contributed by atoms with Gasteiger partial charge in [0.05, 0.1) is 30.0 Å². The summed E-state index contributed by atoms with van der Waals surface area (Å²) >= 11 is 2.13. The van der Waals surface area contributed by atoms with E-state index in [1.54, 1.807) is 0 Å². The SMILES string of the molecule is CC(C)(C)CCCSCCCC(C)(C)C.CC(C)(C)OCC(O)COC(C)(C)C.CC(C)(C)OCCCNC(=O)C(C)(C)C. The molecule has 0 aromatic heterocycles. The normalized spacial score (nSPS) is 13.2. The summed E-state index contributed by atoms with van der Waals surface area (Å²) in [5.41, 5.74) is 0.238. The molecule has 7 heteroatoms. The van der Waals surface area contributed by atoms with Crippen LogP contribution in [0.1, 0.15) is 157 Å². The monoisotopic (exact) mass is 650 g/mol. The molecule has 0 rings (SSSR count). The van der Waals surface area contributed by atoms with Crippen molar-refractivity contribution >= 4 is 17.7 Å². The molecule has 0 atom stereocenters. The summed E-state index contributed by atoms with van der Waals surface area (Å²) in [7, 11) is 0. The standard InChI is InChI=1S/C14H30S.C12H25NO2.C11H24O3/c1-13(2,3)9-7-11-15-12-8-10-14(4,5)6;1-11(2,3)10(14)13-8-7-9-15-12(4,5)6;1-10(2,3)13-7-9(12)8-14-11(4,5)6/h7-12H2,1-6H3;7-9H2,1-6H3,(H,13,14);9,12H,7-8H2,1-6H3. The molecule has 0 aliphatic carbocycles. The Kier molecular flexibility index (Phi) is 24.3. The molecule has 2 N–H and O–H groups in total. The molecule has 44 heavy (non-hydrogen) atoms. The van der Waals surface area contributed by atoms with Gasteiger partial charge in [0.15, 0.2) is 0 Å². The zero-order valence-corrected chi connectivity index (χ0v) is 33.7. The van der Waals surface area contributed by atoms with E-state index in [0.717, 1.165) is 6.42 Å². The molecule has 0 unspecified atom stereocenters. The smallest absolute Gasteiger partial charge is 0.225 e. The molecule has 0 aliphatic rings. The topological polar surface area (TPSA) is 77.0 Å². The van der Waals surface area contributed by atoms with Gasteiger partial charge in [-0.15, -0.1) is 0 Å². The van der Waals surface area contributed by atoms with Gasteiger partial charge in [-0.3, -0.25) is 4.79 Å². The minimum Gasteiger partial charge on any atom is -0.388 e. The highest BCUT2D eigenvalue weighted by molar-refractivity contribution is 7.99. The molecule has 1 amide bonds. The van der Waals surface area contributed by atoms with Gasteiger partial charge in [0.2, 0.25) is 5.91 Å². The second-order valence-electron chi connectivity index (χ2n) is 18.3. The number of ether oxygens (including phenoxy) is 3. The predicted octanol–water partition coefficient (Wildman–Crippen LogP) is 9.70. The fourth-order valence-electron chi connectivity index (χ4n) is 3.17. The summed E-state index contributed by atoms with van der Waals surface area (Å²) in [6, 6.07) is 0. The van der Waals surface area contributed by atoms with Crippen molar-refractivity contribution in [3.05, 3.63) is 0 Å². The molecule has 0 aliphatic heterocycles. The lowest BCUT2D eigenvalue weighted by molar-refractivity contribution is -0.128. The average molecular weight is 650 g/mol. The third kappa shape index (κ3) is 46.1. The Morgan fingerprint density at radius 1 is 0.614 bits per heavy atom.